The van der Waals surface area contributed by atoms with Crippen LogP contribution in [0.15, 0.2) is 17.2 Å². The maximum Gasteiger partial charge on any atom is 0.293 e. The molecular formula is C13H22N4O2. The molecule has 19 heavy (non-hydrogen) atoms. The fourth-order valence-electron chi connectivity index (χ4n) is 2.39. The number of nitrogens with two attached hydrogens (primary N) is 1. The van der Waals surface area contributed by atoms with Gasteiger partial charge in [-0.15, -0.1) is 0 Å². The first kappa shape index (κ1) is 14.0. The van der Waals surface area contributed by atoms with E-state index >= 15 is 0 Å². The molecule has 2 unspecified atom stereocenters. The molecule has 1 aliphatic heterocycles. The summed E-state index contributed by atoms with van der Waals surface area (Å²) in [6.45, 7) is 7.68. The number of nitrogens with zero attached hydrogens (tertiary/aromatic N) is 3. The Morgan fingerprint density at radius 2 is 2.26 bits per heavy atom. The van der Waals surface area contributed by atoms with Crippen molar-refractivity contribution in [3.63, 3.8) is 0 Å². The van der Waals surface area contributed by atoms with Gasteiger partial charge in [0, 0.05) is 38.1 Å². The smallest absolute Gasteiger partial charge is 0.293 e. The molecule has 0 bridgehead atoms. The SMILES string of the molecule is CC1CN(c2nccn(C(C)C)c2=O)CC(CN)O1. The molecule has 1 aliphatic rings. The molecule has 0 aromatic carbocycles. The van der Waals surface area contributed by atoms with Crippen LogP contribution in [0, 0.1) is 0 Å². The van der Waals surface area contributed by atoms with Gasteiger partial charge in [-0.2, -0.15) is 0 Å². The third-order valence-electron chi connectivity index (χ3n) is 3.29. The first-order chi connectivity index (χ1) is 9.02. The summed E-state index contributed by atoms with van der Waals surface area (Å²) in [4.78, 5) is 18.6. The van der Waals surface area contributed by atoms with Crippen molar-refractivity contribution in [2.45, 2.75) is 39.0 Å². The van der Waals surface area contributed by atoms with Crippen LogP contribution in [0.5, 0.6) is 0 Å². The van der Waals surface area contributed by atoms with Gasteiger partial charge in [-0.1, -0.05) is 0 Å². The highest BCUT2D eigenvalue weighted by atomic mass is 16.5. The lowest BCUT2D eigenvalue weighted by Crippen LogP contribution is -2.51. The third-order valence-corrected chi connectivity index (χ3v) is 3.29. The number of hydrogen-bond donors (Lipinski definition) is 1. The fourth-order valence-corrected chi connectivity index (χ4v) is 2.39. The van der Waals surface area contributed by atoms with Gasteiger partial charge in [0.2, 0.25) is 0 Å². The summed E-state index contributed by atoms with van der Waals surface area (Å²) in [5.74, 6) is 0.491. The van der Waals surface area contributed by atoms with E-state index in [1.807, 2.05) is 25.7 Å². The molecule has 2 heterocycles. The molecule has 1 fully saturated rings. The van der Waals surface area contributed by atoms with Gasteiger partial charge in [0.25, 0.3) is 5.56 Å². The van der Waals surface area contributed by atoms with Gasteiger partial charge in [-0.3, -0.25) is 4.79 Å². The first-order valence-electron chi connectivity index (χ1n) is 6.70. The van der Waals surface area contributed by atoms with Crippen LogP contribution in [-0.4, -0.2) is 41.4 Å². The molecule has 0 radical (unpaired) electrons. The lowest BCUT2D eigenvalue weighted by Gasteiger charge is -2.36. The normalized spacial score (nSPS) is 23.9. The van der Waals surface area contributed by atoms with E-state index in [4.69, 9.17) is 10.5 Å². The number of hydrogen-bond acceptors (Lipinski definition) is 5. The number of ether oxygens (including phenoxy) is 1. The highest BCUT2D eigenvalue weighted by Gasteiger charge is 2.27. The van der Waals surface area contributed by atoms with E-state index in [2.05, 4.69) is 4.98 Å². The standard InChI is InChI=1S/C13H22N4O2/c1-9(2)17-5-4-15-12(13(17)18)16-7-10(3)19-11(6-14)8-16/h4-5,9-11H,6-8,14H2,1-3H3. The van der Waals surface area contributed by atoms with E-state index in [0.717, 1.165) is 0 Å². The molecule has 2 rings (SSSR count). The fraction of sp³-hybridized carbons (Fsp3) is 0.692. The second kappa shape index (κ2) is 5.71. The van der Waals surface area contributed by atoms with Crippen molar-refractivity contribution in [1.29, 1.82) is 0 Å². The summed E-state index contributed by atoms with van der Waals surface area (Å²) < 4.78 is 7.40. The maximum atomic E-state index is 12.4. The zero-order valence-corrected chi connectivity index (χ0v) is 11.7. The van der Waals surface area contributed by atoms with Crippen molar-refractivity contribution < 1.29 is 4.74 Å². The maximum absolute atomic E-state index is 12.4. The van der Waals surface area contributed by atoms with Gasteiger partial charge in [0.1, 0.15) is 0 Å². The minimum Gasteiger partial charge on any atom is -0.370 e. The van der Waals surface area contributed by atoms with Gasteiger partial charge >= 0.3 is 0 Å². The highest BCUT2D eigenvalue weighted by molar-refractivity contribution is 5.37. The van der Waals surface area contributed by atoms with Gasteiger partial charge in [-0.05, 0) is 20.8 Å². The van der Waals surface area contributed by atoms with Crippen molar-refractivity contribution in [1.82, 2.24) is 9.55 Å². The monoisotopic (exact) mass is 266 g/mol. The minimum absolute atomic E-state index is 0.0438. The molecule has 0 aliphatic carbocycles. The predicted molar refractivity (Wildman–Crippen MR) is 74.5 cm³/mol. The van der Waals surface area contributed by atoms with Crippen LogP contribution in [0.1, 0.15) is 26.8 Å². The summed E-state index contributed by atoms with van der Waals surface area (Å²) in [7, 11) is 0. The molecule has 1 aromatic heterocycles. The summed E-state index contributed by atoms with van der Waals surface area (Å²) in [5.41, 5.74) is 5.61. The first-order valence-corrected chi connectivity index (χ1v) is 6.70. The van der Waals surface area contributed by atoms with E-state index in [-0.39, 0.29) is 23.8 Å². The van der Waals surface area contributed by atoms with Gasteiger partial charge in [0.15, 0.2) is 5.82 Å². The van der Waals surface area contributed by atoms with Crippen LogP contribution >= 0.6 is 0 Å². The quantitative estimate of drug-likeness (QED) is 0.856. The molecule has 0 spiro atoms. The Morgan fingerprint density at radius 3 is 2.89 bits per heavy atom. The van der Waals surface area contributed by atoms with Crippen molar-refractivity contribution in [2.75, 3.05) is 24.5 Å². The Labute approximate surface area is 113 Å². The van der Waals surface area contributed by atoms with Gasteiger partial charge in [0.05, 0.1) is 12.2 Å². The summed E-state index contributed by atoms with van der Waals surface area (Å²) in [6.07, 6.45) is 3.41. The summed E-state index contributed by atoms with van der Waals surface area (Å²) in [6, 6.07) is 0.123. The van der Waals surface area contributed by atoms with E-state index < -0.39 is 0 Å². The van der Waals surface area contributed by atoms with Crippen LogP contribution in [0.25, 0.3) is 0 Å². The van der Waals surface area contributed by atoms with Crippen LogP contribution < -0.4 is 16.2 Å². The van der Waals surface area contributed by atoms with Crippen molar-refractivity contribution in [3.05, 3.63) is 22.7 Å². The average molecular weight is 266 g/mol. The molecule has 2 N–H and O–H groups in total. The summed E-state index contributed by atoms with van der Waals surface area (Å²) in [5, 5.41) is 0. The zero-order chi connectivity index (χ0) is 14.0. The molecule has 2 atom stereocenters. The molecule has 6 heteroatoms. The third kappa shape index (κ3) is 2.96. The topological polar surface area (TPSA) is 73.4 Å². The second-order valence-corrected chi connectivity index (χ2v) is 5.27. The van der Waals surface area contributed by atoms with Crippen LogP contribution in [-0.2, 0) is 4.74 Å². The number of aromatic nitrogens is 2. The second-order valence-electron chi connectivity index (χ2n) is 5.27. The Morgan fingerprint density at radius 1 is 1.53 bits per heavy atom. The van der Waals surface area contributed by atoms with Gasteiger partial charge < -0.3 is 19.9 Å². The number of morpholine rings is 1. The Hall–Kier alpha value is -1.40. The highest BCUT2D eigenvalue weighted by Crippen LogP contribution is 2.15. The minimum atomic E-state index is -0.0534. The molecular weight excluding hydrogens is 244 g/mol. The van der Waals surface area contributed by atoms with Gasteiger partial charge in [-0.25, -0.2) is 4.98 Å². The van der Waals surface area contributed by atoms with E-state index in [1.54, 1.807) is 17.0 Å². The number of anilines is 1. The Balaban J connectivity index is 2.31. The van der Waals surface area contributed by atoms with Crippen LogP contribution in [0.3, 0.4) is 0 Å². The van der Waals surface area contributed by atoms with E-state index in [9.17, 15) is 4.79 Å². The van der Waals surface area contributed by atoms with E-state index in [1.165, 1.54) is 0 Å². The van der Waals surface area contributed by atoms with Crippen LogP contribution in [0.2, 0.25) is 0 Å². The molecule has 1 saturated heterocycles. The molecule has 1 aromatic rings. The molecule has 106 valence electrons. The Bertz CT molecular complexity index is 486. The lowest BCUT2D eigenvalue weighted by molar-refractivity contribution is -0.0108. The zero-order valence-electron chi connectivity index (χ0n) is 11.7. The van der Waals surface area contributed by atoms with Crippen molar-refractivity contribution in [2.24, 2.45) is 5.73 Å². The molecule has 0 amide bonds. The van der Waals surface area contributed by atoms with Crippen molar-refractivity contribution >= 4 is 5.82 Å². The summed E-state index contributed by atoms with van der Waals surface area (Å²) >= 11 is 0. The van der Waals surface area contributed by atoms with Crippen molar-refractivity contribution in [3.8, 4) is 0 Å². The van der Waals surface area contributed by atoms with E-state index in [0.29, 0.717) is 25.5 Å². The number of rotatable bonds is 3. The van der Waals surface area contributed by atoms with Crippen LogP contribution in [0.4, 0.5) is 5.82 Å². The predicted octanol–water partition coefficient (Wildman–Crippen LogP) is 0.377. The average Bonchev–Trinajstić information content (AvgIpc) is 2.37. The lowest BCUT2D eigenvalue weighted by atomic mass is 10.2. The molecule has 0 saturated carbocycles. The largest absolute Gasteiger partial charge is 0.370 e. The molecule has 6 nitrogen and oxygen atoms in total. The Kier molecular flexibility index (Phi) is 4.21.